The number of alkyl halides is 3. The van der Waals surface area contributed by atoms with Gasteiger partial charge in [0, 0.05) is 18.0 Å². The molecule has 0 aliphatic rings. The summed E-state index contributed by atoms with van der Waals surface area (Å²) in [6, 6.07) is 3.72. The number of hydrogen-bond acceptors (Lipinski definition) is 5. The van der Waals surface area contributed by atoms with Crippen LogP contribution < -0.4 is 20.1 Å². The molecule has 2 amide bonds. The number of nitrogens with one attached hydrogen (secondary N) is 2. The fourth-order valence-electron chi connectivity index (χ4n) is 2.08. The summed E-state index contributed by atoms with van der Waals surface area (Å²) in [6.45, 7) is 2.17. The quantitative estimate of drug-likeness (QED) is 0.839. The summed E-state index contributed by atoms with van der Waals surface area (Å²) in [5, 5.41) is 5.03. The molecule has 0 aliphatic heterocycles. The second kappa shape index (κ2) is 7.89. The standard InChI is InChI=1S/C16H17F3N4O3/c1-9-6-10(2)12(25-3)7-11(9)21-14(24)22-13-4-5-20-15(23-13)26-8-16(17,18)19/h4-7H,8H2,1-3H3,(H2,20,21,22,23,24). The highest BCUT2D eigenvalue weighted by molar-refractivity contribution is 5.99. The van der Waals surface area contributed by atoms with Gasteiger partial charge in [0.1, 0.15) is 11.6 Å². The molecule has 2 rings (SSSR count). The number of anilines is 2. The van der Waals surface area contributed by atoms with Gasteiger partial charge >= 0.3 is 18.2 Å². The Balaban J connectivity index is 2.04. The Morgan fingerprint density at radius 2 is 1.92 bits per heavy atom. The van der Waals surface area contributed by atoms with Crippen LogP contribution in [0, 0.1) is 13.8 Å². The lowest BCUT2D eigenvalue weighted by Gasteiger charge is -2.13. The van der Waals surface area contributed by atoms with E-state index in [0.29, 0.717) is 11.4 Å². The van der Waals surface area contributed by atoms with Crippen molar-refractivity contribution in [2.45, 2.75) is 20.0 Å². The second-order valence-corrected chi connectivity index (χ2v) is 5.34. The van der Waals surface area contributed by atoms with Crippen LogP contribution in [0.1, 0.15) is 11.1 Å². The smallest absolute Gasteiger partial charge is 0.422 e. The Labute approximate surface area is 147 Å². The van der Waals surface area contributed by atoms with E-state index in [4.69, 9.17) is 4.74 Å². The third kappa shape index (κ3) is 5.50. The van der Waals surface area contributed by atoms with Gasteiger partial charge in [0.15, 0.2) is 6.61 Å². The van der Waals surface area contributed by atoms with Gasteiger partial charge in [-0.2, -0.15) is 18.2 Å². The highest BCUT2D eigenvalue weighted by atomic mass is 19.4. The number of carbonyl (C=O) groups is 1. The molecule has 10 heteroatoms. The van der Waals surface area contributed by atoms with E-state index >= 15 is 0 Å². The van der Waals surface area contributed by atoms with Crippen molar-refractivity contribution in [3.63, 3.8) is 0 Å². The monoisotopic (exact) mass is 370 g/mol. The van der Waals surface area contributed by atoms with Gasteiger partial charge in [-0.25, -0.2) is 9.78 Å². The molecule has 0 unspecified atom stereocenters. The zero-order valence-corrected chi connectivity index (χ0v) is 14.3. The van der Waals surface area contributed by atoms with Crippen LogP contribution in [0.5, 0.6) is 11.8 Å². The van der Waals surface area contributed by atoms with E-state index in [0.717, 1.165) is 11.1 Å². The minimum Gasteiger partial charge on any atom is -0.496 e. The number of aryl methyl sites for hydroxylation is 2. The van der Waals surface area contributed by atoms with E-state index in [1.807, 2.05) is 19.9 Å². The molecular formula is C16H17F3N4O3. The Bertz CT molecular complexity index is 797. The molecule has 2 aromatic rings. The molecule has 0 fully saturated rings. The molecule has 0 spiro atoms. The van der Waals surface area contributed by atoms with Crippen molar-refractivity contribution in [2.24, 2.45) is 0 Å². The van der Waals surface area contributed by atoms with E-state index in [2.05, 4.69) is 25.3 Å². The molecule has 0 aliphatic carbocycles. The van der Waals surface area contributed by atoms with Gasteiger partial charge in [-0.3, -0.25) is 5.32 Å². The molecule has 1 aromatic carbocycles. The lowest BCUT2D eigenvalue weighted by atomic mass is 10.1. The first-order chi connectivity index (χ1) is 12.2. The maximum Gasteiger partial charge on any atom is 0.422 e. The van der Waals surface area contributed by atoms with Crippen LogP contribution in [0.2, 0.25) is 0 Å². The zero-order chi connectivity index (χ0) is 19.3. The zero-order valence-electron chi connectivity index (χ0n) is 14.3. The van der Waals surface area contributed by atoms with E-state index in [1.54, 1.807) is 6.07 Å². The molecule has 0 radical (unpaired) electrons. The molecule has 1 heterocycles. The normalized spacial score (nSPS) is 11.0. The number of ether oxygens (including phenoxy) is 2. The summed E-state index contributed by atoms with van der Waals surface area (Å²) < 4.78 is 46.1. The van der Waals surface area contributed by atoms with Crippen LogP contribution in [0.25, 0.3) is 0 Å². The fraction of sp³-hybridized carbons (Fsp3) is 0.312. The van der Waals surface area contributed by atoms with Crippen LogP contribution in [0.4, 0.5) is 29.5 Å². The first-order valence-electron chi connectivity index (χ1n) is 7.44. The van der Waals surface area contributed by atoms with Gasteiger partial charge in [-0.1, -0.05) is 6.07 Å². The lowest BCUT2D eigenvalue weighted by molar-refractivity contribution is -0.154. The van der Waals surface area contributed by atoms with Crippen LogP contribution >= 0.6 is 0 Å². The Morgan fingerprint density at radius 1 is 1.19 bits per heavy atom. The van der Waals surface area contributed by atoms with Crippen molar-refractivity contribution < 1.29 is 27.4 Å². The molecule has 1 aromatic heterocycles. The average Bonchev–Trinajstić information content (AvgIpc) is 2.55. The van der Waals surface area contributed by atoms with E-state index in [-0.39, 0.29) is 5.82 Å². The highest BCUT2D eigenvalue weighted by Crippen LogP contribution is 2.26. The van der Waals surface area contributed by atoms with Gasteiger partial charge in [-0.05, 0) is 31.0 Å². The number of nitrogens with zero attached hydrogens (tertiary/aromatic N) is 2. The van der Waals surface area contributed by atoms with Crippen LogP contribution in [-0.4, -0.2) is 35.9 Å². The number of methoxy groups -OCH3 is 1. The van der Waals surface area contributed by atoms with Gasteiger partial charge in [0.25, 0.3) is 0 Å². The summed E-state index contributed by atoms with van der Waals surface area (Å²) >= 11 is 0. The van der Waals surface area contributed by atoms with Gasteiger partial charge in [-0.15, -0.1) is 0 Å². The number of hydrogen-bond donors (Lipinski definition) is 2. The summed E-state index contributed by atoms with van der Waals surface area (Å²) in [5.41, 5.74) is 2.25. The van der Waals surface area contributed by atoms with Crippen LogP contribution in [0.3, 0.4) is 0 Å². The number of urea groups is 1. The van der Waals surface area contributed by atoms with Gasteiger partial charge < -0.3 is 14.8 Å². The topological polar surface area (TPSA) is 85.4 Å². The van der Waals surface area contributed by atoms with Crippen LogP contribution in [0.15, 0.2) is 24.4 Å². The third-order valence-corrected chi connectivity index (χ3v) is 3.23. The molecule has 0 bridgehead atoms. The molecule has 26 heavy (non-hydrogen) atoms. The molecule has 2 N–H and O–H groups in total. The molecule has 0 atom stereocenters. The average molecular weight is 370 g/mol. The van der Waals surface area contributed by atoms with Crippen molar-refractivity contribution in [3.05, 3.63) is 35.5 Å². The predicted molar refractivity (Wildman–Crippen MR) is 88.7 cm³/mol. The first-order valence-corrected chi connectivity index (χ1v) is 7.44. The van der Waals surface area contributed by atoms with Crippen molar-refractivity contribution >= 4 is 17.5 Å². The lowest BCUT2D eigenvalue weighted by Crippen LogP contribution is -2.22. The largest absolute Gasteiger partial charge is 0.496 e. The molecule has 140 valence electrons. The van der Waals surface area contributed by atoms with E-state index < -0.39 is 24.8 Å². The van der Waals surface area contributed by atoms with Crippen LogP contribution in [-0.2, 0) is 0 Å². The van der Waals surface area contributed by atoms with Gasteiger partial charge in [0.05, 0.1) is 7.11 Å². The SMILES string of the molecule is COc1cc(NC(=O)Nc2ccnc(OCC(F)(F)F)n2)c(C)cc1C. The number of benzene rings is 1. The maximum atomic E-state index is 12.2. The van der Waals surface area contributed by atoms with Crippen molar-refractivity contribution in [1.82, 2.24) is 9.97 Å². The number of carbonyl (C=O) groups excluding carboxylic acids is 1. The second-order valence-electron chi connectivity index (χ2n) is 5.34. The Kier molecular flexibility index (Phi) is 5.86. The molecule has 0 saturated heterocycles. The number of halogens is 3. The summed E-state index contributed by atoms with van der Waals surface area (Å²) in [4.78, 5) is 19.4. The Hall–Kier alpha value is -3.04. The van der Waals surface area contributed by atoms with Gasteiger partial charge in [0.2, 0.25) is 0 Å². The number of aromatic nitrogens is 2. The minimum absolute atomic E-state index is 0.00796. The molecular weight excluding hydrogens is 353 g/mol. The third-order valence-electron chi connectivity index (χ3n) is 3.23. The van der Waals surface area contributed by atoms with Crippen molar-refractivity contribution in [1.29, 1.82) is 0 Å². The van der Waals surface area contributed by atoms with Crippen molar-refractivity contribution in [3.8, 4) is 11.8 Å². The predicted octanol–water partition coefficient (Wildman–Crippen LogP) is 3.69. The first kappa shape index (κ1) is 19.3. The molecule has 7 nitrogen and oxygen atoms in total. The summed E-state index contributed by atoms with van der Waals surface area (Å²) in [7, 11) is 1.52. The summed E-state index contributed by atoms with van der Waals surface area (Å²) in [5.74, 6) is 0.599. The maximum absolute atomic E-state index is 12.2. The van der Waals surface area contributed by atoms with Crippen molar-refractivity contribution in [2.75, 3.05) is 24.4 Å². The number of rotatable bonds is 5. The molecule has 0 saturated carbocycles. The minimum atomic E-state index is -4.51. The summed E-state index contributed by atoms with van der Waals surface area (Å²) in [6.07, 6.45) is -3.33. The fourth-order valence-corrected chi connectivity index (χ4v) is 2.08. The van der Waals surface area contributed by atoms with E-state index in [9.17, 15) is 18.0 Å². The highest BCUT2D eigenvalue weighted by Gasteiger charge is 2.29. The Morgan fingerprint density at radius 3 is 2.58 bits per heavy atom. The van der Waals surface area contributed by atoms with E-state index in [1.165, 1.54) is 19.4 Å². The number of amides is 2.